The van der Waals surface area contributed by atoms with Gasteiger partial charge in [0.25, 0.3) is 0 Å². The van der Waals surface area contributed by atoms with Crippen LogP contribution in [0.25, 0.3) is 0 Å². The summed E-state index contributed by atoms with van der Waals surface area (Å²) in [6, 6.07) is 4.47. The summed E-state index contributed by atoms with van der Waals surface area (Å²) in [5.41, 5.74) is 1.47. The van der Waals surface area contributed by atoms with Crippen molar-refractivity contribution in [1.82, 2.24) is 4.31 Å². The average Bonchev–Trinajstić information content (AvgIpc) is 2.70. The maximum Gasteiger partial charge on any atom is 0.243 e. The summed E-state index contributed by atoms with van der Waals surface area (Å²) in [6.45, 7) is 3.34. The highest BCUT2D eigenvalue weighted by molar-refractivity contribution is 7.89. The minimum Gasteiger partial charge on any atom is -0.395 e. The number of likely N-dealkylation sites (N-methyl/N-ethyl adjacent to an activating group) is 1. The quantitative estimate of drug-likeness (QED) is 0.863. The van der Waals surface area contributed by atoms with Gasteiger partial charge in [0, 0.05) is 25.3 Å². The highest BCUT2D eigenvalue weighted by atomic mass is 32.2. The number of hydrogen-bond donors (Lipinski definition) is 1. The normalized spacial score (nSPS) is 15.1. The van der Waals surface area contributed by atoms with E-state index in [-0.39, 0.29) is 36.4 Å². The van der Waals surface area contributed by atoms with E-state index in [0.29, 0.717) is 0 Å². The molecule has 0 fully saturated rings. The fourth-order valence-electron chi connectivity index (χ4n) is 2.50. The number of aliphatic hydroxyl groups excluding tert-OH is 1. The molecule has 0 saturated heterocycles. The minimum atomic E-state index is -3.68. The number of benzene rings is 1. The summed E-state index contributed by atoms with van der Waals surface area (Å²) in [5.74, 6) is -0.0457. The van der Waals surface area contributed by atoms with Gasteiger partial charge in [0.05, 0.1) is 17.9 Å². The smallest absolute Gasteiger partial charge is 0.243 e. The highest BCUT2D eigenvalue weighted by Crippen LogP contribution is 2.31. The topological polar surface area (TPSA) is 77.9 Å². The van der Waals surface area contributed by atoms with Crippen LogP contribution in [-0.2, 0) is 21.2 Å². The monoisotopic (exact) mass is 312 g/mol. The Morgan fingerprint density at radius 2 is 2.05 bits per heavy atom. The first-order valence-corrected chi connectivity index (χ1v) is 8.25. The van der Waals surface area contributed by atoms with Crippen LogP contribution in [0.4, 0.5) is 5.69 Å². The van der Waals surface area contributed by atoms with E-state index in [0.717, 1.165) is 11.3 Å². The van der Waals surface area contributed by atoms with E-state index < -0.39 is 10.0 Å². The summed E-state index contributed by atoms with van der Waals surface area (Å²) in [4.78, 5) is 13.4. The van der Waals surface area contributed by atoms with E-state index in [1.807, 2.05) is 0 Å². The van der Waals surface area contributed by atoms with Crippen LogP contribution < -0.4 is 4.90 Å². The molecule has 0 aliphatic carbocycles. The molecule has 7 heteroatoms. The Bertz CT molecular complexity index is 655. The van der Waals surface area contributed by atoms with Crippen molar-refractivity contribution in [1.29, 1.82) is 0 Å². The fraction of sp³-hybridized carbons (Fsp3) is 0.500. The first-order chi connectivity index (χ1) is 9.78. The van der Waals surface area contributed by atoms with Crippen molar-refractivity contribution in [2.24, 2.45) is 0 Å². The Balaban J connectivity index is 2.43. The number of amides is 1. The van der Waals surface area contributed by atoms with Gasteiger partial charge in [-0.3, -0.25) is 4.79 Å². The van der Waals surface area contributed by atoms with Gasteiger partial charge < -0.3 is 10.0 Å². The lowest BCUT2D eigenvalue weighted by Gasteiger charge is -2.25. The van der Waals surface area contributed by atoms with Gasteiger partial charge in [-0.15, -0.1) is 0 Å². The van der Waals surface area contributed by atoms with Gasteiger partial charge >= 0.3 is 0 Å². The van der Waals surface area contributed by atoms with Gasteiger partial charge in [0.15, 0.2) is 0 Å². The van der Waals surface area contributed by atoms with Crippen molar-refractivity contribution in [3.05, 3.63) is 23.8 Å². The second kappa shape index (κ2) is 5.75. The fourth-order valence-corrected chi connectivity index (χ4v) is 4.18. The van der Waals surface area contributed by atoms with E-state index in [1.54, 1.807) is 33.0 Å². The maximum atomic E-state index is 12.6. The van der Waals surface area contributed by atoms with Gasteiger partial charge in [0.1, 0.15) is 0 Å². The first-order valence-electron chi connectivity index (χ1n) is 6.81. The predicted molar refractivity (Wildman–Crippen MR) is 79.7 cm³/mol. The molecular weight excluding hydrogens is 292 g/mol. The van der Waals surface area contributed by atoms with Crippen molar-refractivity contribution in [2.75, 3.05) is 25.1 Å². The standard InChI is InChI=1S/C14H20N2O4S/c1-10(2)16(6-7-17)21(19,20)12-4-5-13-11(8-12)9-14(18)15(13)3/h4-5,8,10,17H,6-7,9H2,1-3H3. The zero-order valence-corrected chi connectivity index (χ0v) is 13.2. The summed E-state index contributed by atoms with van der Waals surface area (Å²) in [6.07, 6.45) is 0.219. The predicted octanol–water partition coefficient (Wildman–Crippen LogP) is 0.597. The molecular formula is C14H20N2O4S. The van der Waals surface area contributed by atoms with Gasteiger partial charge in [-0.1, -0.05) is 0 Å². The average molecular weight is 312 g/mol. The third kappa shape index (κ3) is 2.81. The second-order valence-electron chi connectivity index (χ2n) is 5.35. The van der Waals surface area contributed by atoms with Crippen molar-refractivity contribution in [3.8, 4) is 0 Å². The molecule has 0 atom stereocenters. The molecule has 2 rings (SSSR count). The molecule has 116 valence electrons. The maximum absolute atomic E-state index is 12.6. The number of hydrogen-bond acceptors (Lipinski definition) is 4. The van der Waals surface area contributed by atoms with Gasteiger partial charge in [0.2, 0.25) is 15.9 Å². The molecule has 0 saturated carbocycles. The largest absolute Gasteiger partial charge is 0.395 e. The number of aliphatic hydroxyl groups is 1. The number of carbonyl (C=O) groups is 1. The van der Waals surface area contributed by atoms with E-state index in [2.05, 4.69) is 0 Å². The molecule has 1 aromatic rings. The number of nitrogens with zero attached hydrogens (tertiary/aromatic N) is 2. The van der Waals surface area contributed by atoms with Crippen LogP contribution in [0.1, 0.15) is 19.4 Å². The third-order valence-corrected chi connectivity index (χ3v) is 5.70. The van der Waals surface area contributed by atoms with E-state index in [9.17, 15) is 13.2 Å². The molecule has 1 aliphatic rings. The lowest BCUT2D eigenvalue weighted by atomic mass is 10.2. The third-order valence-electron chi connectivity index (χ3n) is 3.63. The number of anilines is 1. The Hall–Kier alpha value is -1.44. The molecule has 6 nitrogen and oxygen atoms in total. The molecule has 0 bridgehead atoms. The number of carbonyl (C=O) groups excluding carboxylic acids is 1. The molecule has 1 N–H and O–H groups in total. The molecule has 1 heterocycles. The van der Waals surface area contributed by atoms with E-state index in [1.165, 1.54) is 15.3 Å². The minimum absolute atomic E-state index is 0.0457. The van der Waals surface area contributed by atoms with Crippen LogP contribution in [0.15, 0.2) is 23.1 Å². The SMILES string of the molecule is CC(C)N(CCO)S(=O)(=O)c1ccc2c(c1)CC(=O)N2C. The van der Waals surface area contributed by atoms with Gasteiger partial charge in [-0.05, 0) is 37.6 Å². The van der Waals surface area contributed by atoms with Crippen LogP contribution >= 0.6 is 0 Å². The number of fused-ring (bicyclic) bond motifs is 1. The Morgan fingerprint density at radius 3 is 2.62 bits per heavy atom. The molecule has 0 radical (unpaired) electrons. The Kier molecular flexibility index (Phi) is 4.36. The van der Waals surface area contributed by atoms with Crippen LogP contribution in [0, 0.1) is 0 Å². The van der Waals surface area contributed by atoms with E-state index in [4.69, 9.17) is 5.11 Å². The molecule has 21 heavy (non-hydrogen) atoms. The van der Waals surface area contributed by atoms with Crippen LogP contribution in [0.2, 0.25) is 0 Å². The molecule has 1 aliphatic heterocycles. The second-order valence-corrected chi connectivity index (χ2v) is 7.24. The number of sulfonamides is 1. The molecule has 1 amide bonds. The van der Waals surface area contributed by atoms with Crippen molar-refractivity contribution < 1.29 is 18.3 Å². The summed E-state index contributed by atoms with van der Waals surface area (Å²) in [7, 11) is -2.00. The molecule has 1 aromatic carbocycles. The molecule has 0 unspecified atom stereocenters. The zero-order chi connectivity index (χ0) is 15.8. The van der Waals surface area contributed by atoms with Crippen LogP contribution in [0.5, 0.6) is 0 Å². The molecule has 0 aromatic heterocycles. The summed E-state index contributed by atoms with van der Waals surface area (Å²) < 4.78 is 26.5. The van der Waals surface area contributed by atoms with Crippen LogP contribution in [0.3, 0.4) is 0 Å². The lowest BCUT2D eigenvalue weighted by Crippen LogP contribution is -2.38. The Morgan fingerprint density at radius 1 is 1.38 bits per heavy atom. The summed E-state index contributed by atoms with van der Waals surface area (Å²) >= 11 is 0. The summed E-state index contributed by atoms with van der Waals surface area (Å²) in [5, 5.41) is 9.06. The van der Waals surface area contributed by atoms with Gasteiger partial charge in [-0.2, -0.15) is 4.31 Å². The van der Waals surface area contributed by atoms with E-state index >= 15 is 0 Å². The number of rotatable bonds is 5. The van der Waals surface area contributed by atoms with Crippen LogP contribution in [-0.4, -0.2) is 50.0 Å². The molecule has 0 spiro atoms. The van der Waals surface area contributed by atoms with Crippen molar-refractivity contribution in [2.45, 2.75) is 31.2 Å². The Labute approximate surface area is 125 Å². The zero-order valence-electron chi connectivity index (χ0n) is 12.4. The van der Waals surface area contributed by atoms with Crippen molar-refractivity contribution in [3.63, 3.8) is 0 Å². The highest BCUT2D eigenvalue weighted by Gasteiger charge is 2.30. The van der Waals surface area contributed by atoms with Gasteiger partial charge in [-0.25, -0.2) is 8.42 Å². The first kappa shape index (κ1) is 15.9. The lowest BCUT2D eigenvalue weighted by molar-refractivity contribution is -0.117. The van der Waals surface area contributed by atoms with Crippen molar-refractivity contribution >= 4 is 21.6 Å².